The van der Waals surface area contributed by atoms with E-state index in [2.05, 4.69) is 20.8 Å². The van der Waals surface area contributed by atoms with Gasteiger partial charge in [-0.05, 0) is 19.1 Å². The molecule has 28 heavy (non-hydrogen) atoms. The van der Waals surface area contributed by atoms with Crippen LogP contribution in [0.2, 0.25) is 0 Å². The number of anilines is 2. The number of benzene rings is 1. The first kappa shape index (κ1) is 21.8. The van der Waals surface area contributed by atoms with E-state index in [1.165, 1.54) is 23.1 Å². The Morgan fingerprint density at radius 1 is 1.14 bits per heavy atom. The van der Waals surface area contributed by atoms with Gasteiger partial charge in [-0.2, -0.15) is 0 Å². The van der Waals surface area contributed by atoms with E-state index in [4.69, 9.17) is 4.74 Å². The van der Waals surface area contributed by atoms with Crippen molar-refractivity contribution in [2.75, 3.05) is 23.0 Å². The molecule has 0 aliphatic heterocycles. The molecule has 0 spiro atoms. The first-order chi connectivity index (χ1) is 13.2. The lowest BCUT2D eigenvalue weighted by atomic mass is 9.96. The average molecular weight is 423 g/mol. The number of carbonyl (C=O) groups excluding carboxylic acids is 3. The Kier molecular flexibility index (Phi) is 7.53. The smallest absolute Gasteiger partial charge is 0.340 e. The van der Waals surface area contributed by atoms with Crippen LogP contribution in [0.1, 0.15) is 38.1 Å². The van der Waals surface area contributed by atoms with Gasteiger partial charge in [-0.25, -0.2) is 4.79 Å². The van der Waals surface area contributed by atoms with E-state index in [0.29, 0.717) is 20.7 Å². The minimum absolute atomic E-state index is 0.0824. The number of ether oxygens (including phenoxy) is 1. The van der Waals surface area contributed by atoms with E-state index in [1.54, 1.807) is 52.0 Å². The highest BCUT2D eigenvalue weighted by Crippen LogP contribution is 2.27. The lowest BCUT2D eigenvalue weighted by Gasteiger charge is -2.15. The van der Waals surface area contributed by atoms with E-state index in [0.717, 1.165) is 0 Å². The van der Waals surface area contributed by atoms with Crippen LogP contribution in [-0.2, 0) is 14.3 Å². The normalized spacial score (nSPS) is 11.0. The maximum absolute atomic E-state index is 12.2. The standard InChI is InChI=1S/C18H22N4O4S2/c1-5-26-14(24)11-8-6-7-9-12(11)19-13(23)10-27-17-22-21-16(28-17)20-15(25)18(2,3)4/h6-9H,5,10H2,1-4H3,(H,19,23)(H,20,21,25). The summed E-state index contributed by atoms with van der Waals surface area (Å²) in [7, 11) is 0. The molecule has 1 aromatic carbocycles. The van der Waals surface area contributed by atoms with Gasteiger partial charge in [0.25, 0.3) is 0 Å². The van der Waals surface area contributed by atoms with Gasteiger partial charge in [0.1, 0.15) is 0 Å². The predicted molar refractivity (Wildman–Crippen MR) is 110 cm³/mol. The molecule has 2 rings (SSSR count). The molecule has 0 radical (unpaired) electrons. The van der Waals surface area contributed by atoms with Crippen LogP contribution in [0.25, 0.3) is 0 Å². The summed E-state index contributed by atoms with van der Waals surface area (Å²) in [6.45, 7) is 7.38. The van der Waals surface area contributed by atoms with Crippen molar-refractivity contribution in [1.29, 1.82) is 0 Å². The molecule has 0 aliphatic rings. The van der Waals surface area contributed by atoms with Crippen molar-refractivity contribution in [3.8, 4) is 0 Å². The zero-order valence-corrected chi connectivity index (χ0v) is 17.7. The summed E-state index contributed by atoms with van der Waals surface area (Å²) >= 11 is 2.39. The predicted octanol–water partition coefficient (Wildman–Crippen LogP) is 3.43. The molecule has 0 saturated carbocycles. The minimum atomic E-state index is -0.537. The van der Waals surface area contributed by atoms with E-state index in [1.807, 2.05) is 0 Å². The second-order valence-electron chi connectivity index (χ2n) is 6.68. The quantitative estimate of drug-likeness (QED) is 0.399. The molecule has 0 fully saturated rings. The number of nitrogens with zero attached hydrogens (tertiary/aromatic N) is 2. The molecule has 0 aliphatic carbocycles. The Morgan fingerprint density at radius 2 is 1.86 bits per heavy atom. The van der Waals surface area contributed by atoms with Crippen molar-refractivity contribution in [3.63, 3.8) is 0 Å². The van der Waals surface area contributed by atoms with Crippen molar-refractivity contribution in [2.24, 2.45) is 5.41 Å². The van der Waals surface area contributed by atoms with Gasteiger partial charge in [0.15, 0.2) is 4.34 Å². The van der Waals surface area contributed by atoms with E-state index in [-0.39, 0.29) is 24.2 Å². The molecule has 1 aromatic heterocycles. The van der Waals surface area contributed by atoms with Crippen LogP contribution in [0.5, 0.6) is 0 Å². The largest absolute Gasteiger partial charge is 0.462 e. The zero-order chi connectivity index (χ0) is 20.7. The number of thioether (sulfide) groups is 1. The van der Waals surface area contributed by atoms with Gasteiger partial charge in [0.2, 0.25) is 16.9 Å². The van der Waals surface area contributed by atoms with E-state index >= 15 is 0 Å². The first-order valence-corrected chi connectivity index (χ1v) is 10.3. The summed E-state index contributed by atoms with van der Waals surface area (Å²) < 4.78 is 5.54. The molecule has 8 nitrogen and oxygen atoms in total. The molecular weight excluding hydrogens is 400 g/mol. The fourth-order valence-electron chi connectivity index (χ4n) is 1.90. The third-order valence-corrected chi connectivity index (χ3v) is 5.30. The molecule has 10 heteroatoms. The summed E-state index contributed by atoms with van der Waals surface area (Å²) in [4.78, 5) is 36.2. The van der Waals surface area contributed by atoms with E-state index < -0.39 is 11.4 Å². The molecule has 150 valence electrons. The monoisotopic (exact) mass is 422 g/mol. The van der Waals surface area contributed by atoms with Gasteiger partial charge in [0.05, 0.1) is 23.6 Å². The van der Waals surface area contributed by atoms with Gasteiger partial charge in [0, 0.05) is 5.41 Å². The van der Waals surface area contributed by atoms with Crippen LogP contribution in [0.15, 0.2) is 28.6 Å². The summed E-state index contributed by atoms with van der Waals surface area (Å²) in [6, 6.07) is 6.65. The lowest BCUT2D eigenvalue weighted by Crippen LogP contribution is -2.27. The van der Waals surface area contributed by atoms with Crippen LogP contribution in [0.3, 0.4) is 0 Å². The number of aromatic nitrogens is 2. The molecule has 0 saturated heterocycles. The first-order valence-electron chi connectivity index (χ1n) is 8.54. The van der Waals surface area contributed by atoms with Crippen LogP contribution in [0.4, 0.5) is 10.8 Å². The molecule has 0 atom stereocenters. The molecule has 2 N–H and O–H groups in total. The Balaban J connectivity index is 1.92. The minimum Gasteiger partial charge on any atom is -0.462 e. The Bertz CT molecular complexity index is 861. The molecule has 1 heterocycles. The van der Waals surface area contributed by atoms with Gasteiger partial charge in [-0.15, -0.1) is 10.2 Å². The number of para-hydroxylation sites is 1. The van der Waals surface area contributed by atoms with Crippen LogP contribution >= 0.6 is 23.1 Å². The van der Waals surface area contributed by atoms with Crippen molar-refractivity contribution in [3.05, 3.63) is 29.8 Å². The number of esters is 1. The molecule has 2 amide bonds. The average Bonchev–Trinajstić information content (AvgIpc) is 3.07. The maximum Gasteiger partial charge on any atom is 0.340 e. The van der Waals surface area contributed by atoms with Gasteiger partial charge in [-0.3, -0.25) is 9.59 Å². The fourth-order valence-corrected chi connectivity index (χ4v) is 3.44. The Hall–Kier alpha value is -2.46. The van der Waals surface area contributed by atoms with Crippen molar-refractivity contribution in [1.82, 2.24) is 10.2 Å². The second-order valence-corrected chi connectivity index (χ2v) is 8.88. The summed E-state index contributed by atoms with van der Waals surface area (Å²) in [5.41, 5.74) is 0.151. The number of carbonyl (C=O) groups is 3. The highest BCUT2D eigenvalue weighted by molar-refractivity contribution is 8.01. The van der Waals surface area contributed by atoms with Crippen LogP contribution in [0, 0.1) is 5.41 Å². The van der Waals surface area contributed by atoms with E-state index in [9.17, 15) is 14.4 Å². The number of amides is 2. The molecule has 2 aromatic rings. The SMILES string of the molecule is CCOC(=O)c1ccccc1NC(=O)CSc1nnc(NC(=O)C(C)(C)C)s1. The van der Waals surface area contributed by atoms with Crippen LogP contribution in [-0.4, -0.2) is 40.3 Å². The van der Waals surface area contributed by atoms with Crippen LogP contribution < -0.4 is 10.6 Å². The number of hydrogen-bond acceptors (Lipinski definition) is 8. The summed E-state index contributed by atoms with van der Waals surface area (Å²) in [5.74, 6) is -0.862. The summed E-state index contributed by atoms with van der Waals surface area (Å²) in [5, 5.41) is 13.7. The number of hydrogen-bond donors (Lipinski definition) is 2. The fraction of sp³-hybridized carbons (Fsp3) is 0.389. The van der Waals surface area contributed by atoms with Crippen molar-refractivity contribution in [2.45, 2.75) is 32.0 Å². The maximum atomic E-state index is 12.2. The Labute approximate surface area is 171 Å². The van der Waals surface area contributed by atoms with Crippen molar-refractivity contribution < 1.29 is 19.1 Å². The molecular formula is C18H22N4O4S2. The molecule has 0 unspecified atom stereocenters. The Morgan fingerprint density at radius 3 is 2.54 bits per heavy atom. The highest BCUT2D eigenvalue weighted by Gasteiger charge is 2.22. The third kappa shape index (κ3) is 6.31. The number of rotatable bonds is 7. The second kappa shape index (κ2) is 9.65. The van der Waals surface area contributed by atoms with Crippen molar-refractivity contribution >= 4 is 51.7 Å². The third-order valence-electron chi connectivity index (χ3n) is 3.33. The highest BCUT2D eigenvalue weighted by atomic mass is 32.2. The van der Waals surface area contributed by atoms with Gasteiger partial charge in [-0.1, -0.05) is 56.0 Å². The molecule has 0 bridgehead atoms. The zero-order valence-electron chi connectivity index (χ0n) is 16.1. The number of nitrogens with one attached hydrogen (secondary N) is 2. The summed E-state index contributed by atoms with van der Waals surface area (Å²) in [6.07, 6.45) is 0. The topological polar surface area (TPSA) is 110 Å². The lowest BCUT2D eigenvalue weighted by molar-refractivity contribution is -0.123. The van der Waals surface area contributed by atoms with Gasteiger partial charge >= 0.3 is 5.97 Å². The van der Waals surface area contributed by atoms with Gasteiger partial charge < -0.3 is 15.4 Å².